The van der Waals surface area contributed by atoms with Crippen LogP contribution in [-0.2, 0) is 27.2 Å². The van der Waals surface area contributed by atoms with Crippen LogP contribution in [0.5, 0.6) is 0 Å². The molecule has 16 heavy (non-hydrogen) atoms. The van der Waals surface area contributed by atoms with E-state index in [1.54, 1.807) is 0 Å². The summed E-state index contributed by atoms with van der Waals surface area (Å²) < 4.78 is 17.5. The van der Waals surface area contributed by atoms with Gasteiger partial charge in [-0.05, 0) is 30.2 Å². The third kappa shape index (κ3) is 3.46. The minimum absolute atomic E-state index is 0.0550. The van der Waals surface area contributed by atoms with Gasteiger partial charge in [-0.1, -0.05) is 6.07 Å². The lowest BCUT2D eigenvalue weighted by atomic mass is 10.0. The van der Waals surface area contributed by atoms with Crippen LogP contribution in [0.4, 0.5) is 4.39 Å². The Labute approximate surface area is 93.2 Å². The first-order chi connectivity index (χ1) is 7.52. The van der Waals surface area contributed by atoms with E-state index in [-0.39, 0.29) is 18.6 Å². The first-order valence-corrected chi connectivity index (χ1v) is 4.86. The molecule has 0 atom stereocenters. The van der Waals surface area contributed by atoms with Gasteiger partial charge >= 0.3 is 5.97 Å². The summed E-state index contributed by atoms with van der Waals surface area (Å²) in [5.74, 6) is -0.891. The number of methoxy groups -OCH3 is 1. The molecular weight excluding hydrogens is 211 g/mol. The average Bonchev–Trinajstić information content (AvgIpc) is 2.21. The monoisotopic (exact) mass is 224 g/mol. The van der Waals surface area contributed by atoms with Gasteiger partial charge in [0.1, 0.15) is 11.6 Å². The van der Waals surface area contributed by atoms with Gasteiger partial charge in [0.05, 0.1) is 13.5 Å². The van der Waals surface area contributed by atoms with E-state index in [0.717, 1.165) is 0 Å². The fourth-order valence-electron chi connectivity index (χ4n) is 1.43. The second-order valence-corrected chi connectivity index (χ2v) is 3.54. The van der Waals surface area contributed by atoms with Gasteiger partial charge < -0.3 is 4.74 Å². The van der Waals surface area contributed by atoms with Crippen LogP contribution in [0, 0.1) is 5.82 Å². The number of carbonyl (C=O) groups is 2. The lowest BCUT2D eigenvalue weighted by Crippen LogP contribution is -2.09. The van der Waals surface area contributed by atoms with Crippen molar-refractivity contribution in [3.05, 3.63) is 35.1 Å². The largest absolute Gasteiger partial charge is 0.469 e. The molecule has 1 aromatic rings. The Hall–Kier alpha value is -1.71. The van der Waals surface area contributed by atoms with Gasteiger partial charge in [-0.25, -0.2) is 4.39 Å². The summed E-state index contributed by atoms with van der Waals surface area (Å²) in [6, 6.07) is 4.05. The van der Waals surface area contributed by atoms with Gasteiger partial charge in [0.2, 0.25) is 0 Å². The van der Waals surface area contributed by atoms with Crippen LogP contribution in [0.1, 0.15) is 18.1 Å². The number of benzene rings is 1. The van der Waals surface area contributed by atoms with Crippen molar-refractivity contribution in [2.24, 2.45) is 0 Å². The molecule has 0 aliphatic heterocycles. The molecule has 86 valence electrons. The Morgan fingerprint density at radius 3 is 2.50 bits per heavy atom. The predicted octanol–water partition coefficient (Wildman–Crippen LogP) is 1.67. The van der Waals surface area contributed by atoms with E-state index < -0.39 is 11.8 Å². The Bertz CT molecular complexity index is 413. The number of hydrogen-bond donors (Lipinski definition) is 0. The molecule has 0 N–H and O–H groups in total. The summed E-state index contributed by atoms with van der Waals surface area (Å²) in [6.45, 7) is 1.42. The molecule has 0 unspecified atom stereocenters. The van der Waals surface area contributed by atoms with E-state index in [1.165, 1.54) is 32.2 Å². The SMILES string of the molecule is COC(=O)Cc1ccc(F)cc1CC(C)=O. The number of carbonyl (C=O) groups excluding carboxylic acids is 2. The van der Waals surface area contributed by atoms with E-state index in [4.69, 9.17) is 0 Å². The van der Waals surface area contributed by atoms with Crippen LogP contribution >= 0.6 is 0 Å². The van der Waals surface area contributed by atoms with Crippen LogP contribution in [0.2, 0.25) is 0 Å². The third-order valence-corrected chi connectivity index (χ3v) is 2.17. The van der Waals surface area contributed by atoms with Crippen LogP contribution in [0.3, 0.4) is 0 Å². The summed E-state index contributed by atoms with van der Waals surface area (Å²) in [6.07, 6.45) is 0.184. The second-order valence-electron chi connectivity index (χ2n) is 3.54. The normalized spacial score (nSPS) is 9.94. The van der Waals surface area contributed by atoms with E-state index in [2.05, 4.69) is 4.74 Å². The van der Waals surface area contributed by atoms with Gasteiger partial charge in [0.25, 0.3) is 0 Å². The Balaban J connectivity index is 2.97. The molecule has 0 spiro atoms. The van der Waals surface area contributed by atoms with Crippen molar-refractivity contribution in [2.45, 2.75) is 19.8 Å². The van der Waals surface area contributed by atoms with E-state index in [1.807, 2.05) is 0 Å². The number of hydrogen-bond acceptors (Lipinski definition) is 3. The van der Waals surface area contributed by atoms with Gasteiger partial charge in [-0.3, -0.25) is 9.59 Å². The molecule has 0 saturated carbocycles. The van der Waals surface area contributed by atoms with E-state index in [9.17, 15) is 14.0 Å². The van der Waals surface area contributed by atoms with Gasteiger partial charge in [0, 0.05) is 6.42 Å². The fourth-order valence-corrected chi connectivity index (χ4v) is 1.43. The summed E-state index contributed by atoms with van der Waals surface area (Å²) >= 11 is 0. The molecular formula is C12H13FO3. The van der Waals surface area contributed by atoms with E-state index in [0.29, 0.717) is 11.1 Å². The van der Waals surface area contributed by atoms with Gasteiger partial charge in [-0.15, -0.1) is 0 Å². The molecule has 0 heterocycles. The highest BCUT2D eigenvalue weighted by Gasteiger charge is 2.10. The number of Topliss-reactive ketones (excluding diaryl/α,β-unsaturated/α-hetero) is 1. The number of rotatable bonds is 4. The molecule has 0 saturated heterocycles. The first-order valence-electron chi connectivity index (χ1n) is 4.86. The van der Waals surface area contributed by atoms with Crippen LogP contribution in [0.25, 0.3) is 0 Å². The lowest BCUT2D eigenvalue weighted by Gasteiger charge is -2.07. The Kier molecular flexibility index (Phi) is 4.17. The molecule has 0 aliphatic rings. The van der Waals surface area contributed by atoms with Crippen LogP contribution in [0.15, 0.2) is 18.2 Å². The summed E-state index contributed by atoms with van der Waals surface area (Å²) in [4.78, 5) is 22.1. The highest BCUT2D eigenvalue weighted by atomic mass is 19.1. The van der Waals surface area contributed by atoms with Crippen molar-refractivity contribution in [3.63, 3.8) is 0 Å². The molecule has 1 rings (SSSR count). The molecule has 3 nitrogen and oxygen atoms in total. The maximum absolute atomic E-state index is 13.0. The maximum atomic E-state index is 13.0. The van der Waals surface area contributed by atoms with Crippen molar-refractivity contribution in [2.75, 3.05) is 7.11 Å². The Morgan fingerprint density at radius 1 is 1.25 bits per heavy atom. The number of ether oxygens (including phenoxy) is 1. The zero-order chi connectivity index (χ0) is 12.1. The average molecular weight is 224 g/mol. The summed E-state index contributed by atoms with van der Waals surface area (Å²) in [5, 5.41) is 0. The molecule has 0 aliphatic carbocycles. The quantitative estimate of drug-likeness (QED) is 0.731. The van der Waals surface area contributed by atoms with E-state index >= 15 is 0 Å². The molecule has 0 amide bonds. The topological polar surface area (TPSA) is 43.4 Å². The maximum Gasteiger partial charge on any atom is 0.309 e. The first kappa shape index (κ1) is 12.4. The minimum Gasteiger partial charge on any atom is -0.469 e. The van der Waals surface area contributed by atoms with Gasteiger partial charge in [-0.2, -0.15) is 0 Å². The predicted molar refractivity (Wildman–Crippen MR) is 56.5 cm³/mol. The molecule has 0 bridgehead atoms. The van der Waals surface area contributed by atoms with Crippen LogP contribution in [-0.4, -0.2) is 18.9 Å². The van der Waals surface area contributed by atoms with Crippen molar-refractivity contribution in [1.82, 2.24) is 0 Å². The zero-order valence-corrected chi connectivity index (χ0v) is 9.25. The third-order valence-electron chi connectivity index (χ3n) is 2.17. The molecule has 0 fully saturated rings. The number of halogens is 1. The Morgan fingerprint density at radius 2 is 1.94 bits per heavy atom. The highest BCUT2D eigenvalue weighted by Crippen LogP contribution is 2.13. The lowest BCUT2D eigenvalue weighted by molar-refractivity contribution is -0.139. The summed E-state index contributed by atoms with van der Waals surface area (Å²) in [5.41, 5.74) is 1.17. The molecule has 1 aromatic carbocycles. The summed E-state index contributed by atoms with van der Waals surface area (Å²) in [7, 11) is 1.29. The standard InChI is InChI=1S/C12H13FO3/c1-8(14)5-10-6-11(13)4-3-9(10)7-12(15)16-2/h3-4,6H,5,7H2,1-2H3. The van der Waals surface area contributed by atoms with Crippen molar-refractivity contribution in [3.8, 4) is 0 Å². The number of esters is 1. The van der Waals surface area contributed by atoms with Crippen molar-refractivity contribution < 1.29 is 18.7 Å². The van der Waals surface area contributed by atoms with Crippen molar-refractivity contribution in [1.29, 1.82) is 0 Å². The molecule has 0 aromatic heterocycles. The number of ketones is 1. The van der Waals surface area contributed by atoms with Crippen LogP contribution < -0.4 is 0 Å². The minimum atomic E-state index is -0.412. The second kappa shape index (κ2) is 5.39. The smallest absolute Gasteiger partial charge is 0.309 e. The molecule has 0 radical (unpaired) electrons. The molecule has 4 heteroatoms. The zero-order valence-electron chi connectivity index (χ0n) is 9.25. The highest BCUT2D eigenvalue weighted by molar-refractivity contribution is 5.79. The fraction of sp³-hybridized carbons (Fsp3) is 0.333. The van der Waals surface area contributed by atoms with Crippen molar-refractivity contribution >= 4 is 11.8 Å². The van der Waals surface area contributed by atoms with Gasteiger partial charge in [0.15, 0.2) is 0 Å².